The molecule has 2 N–H and O–H groups in total. The number of aliphatic hydroxyl groups excluding tert-OH is 1. The lowest BCUT2D eigenvalue weighted by Crippen LogP contribution is -2.20. The van der Waals surface area contributed by atoms with E-state index in [1.165, 1.54) is 25.9 Å². The standard InChI is InChI=1S/C9H19NO2/c11-9(12)5-1-2-6-10-7-3-4-8-10/h9,11-12H,1-8H2. The molecule has 1 rings (SSSR count). The molecule has 0 saturated carbocycles. The lowest BCUT2D eigenvalue weighted by Gasteiger charge is -2.13. The molecule has 1 aliphatic rings. The molecule has 1 saturated heterocycles. The van der Waals surface area contributed by atoms with Crippen molar-refractivity contribution >= 4 is 0 Å². The van der Waals surface area contributed by atoms with Crippen molar-refractivity contribution in [1.29, 1.82) is 0 Å². The van der Waals surface area contributed by atoms with Crippen LogP contribution in [0.3, 0.4) is 0 Å². The number of rotatable bonds is 5. The Morgan fingerprint density at radius 3 is 2.33 bits per heavy atom. The average Bonchev–Trinajstić information content (AvgIpc) is 2.49. The van der Waals surface area contributed by atoms with Crippen molar-refractivity contribution in [1.82, 2.24) is 4.90 Å². The molecule has 0 unspecified atom stereocenters. The first-order valence-corrected chi connectivity index (χ1v) is 4.87. The normalized spacial score (nSPS) is 19.2. The molecule has 3 nitrogen and oxygen atoms in total. The van der Waals surface area contributed by atoms with E-state index in [0.717, 1.165) is 19.4 Å². The van der Waals surface area contributed by atoms with Crippen molar-refractivity contribution in [3.8, 4) is 0 Å². The van der Waals surface area contributed by atoms with Crippen molar-refractivity contribution in [2.75, 3.05) is 19.6 Å². The van der Waals surface area contributed by atoms with Gasteiger partial charge >= 0.3 is 0 Å². The van der Waals surface area contributed by atoms with Crippen molar-refractivity contribution in [2.24, 2.45) is 0 Å². The van der Waals surface area contributed by atoms with Crippen LogP contribution in [0.1, 0.15) is 32.1 Å². The van der Waals surface area contributed by atoms with E-state index in [9.17, 15) is 0 Å². The Morgan fingerprint density at radius 1 is 1.08 bits per heavy atom. The SMILES string of the molecule is OC(O)CCCCN1CCCC1. The van der Waals surface area contributed by atoms with Gasteiger partial charge in [-0.15, -0.1) is 0 Å². The molecule has 3 heteroatoms. The summed E-state index contributed by atoms with van der Waals surface area (Å²) >= 11 is 0. The Hall–Kier alpha value is -0.120. The van der Waals surface area contributed by atoms with Gasteiger partial charge in [0.2, 0.25) is 0 Å². The van der Waals surface area contributed by atoms with E-state index in [-0.39, 0.29) is 0 Å². The van der Waals surface area contributed by atoms with Gasteiger partial charge in [0.1, 0.15) is 0 Å². The summed E-state index contributed by atoms with van der Waals surface area (Å²) in [6.45, 7) is 3.61. The summed E-state index contributed by atoms with van der Waals surface area (Å²) in [5.41, 5.74) is 0. The predicted octanol–water partition coefficient (Wildman–Crippen LogP) is 0.563. The van der Waals surface area contributed by atoms with E-state index in [1.807, 2.05) is 0 Å². The molecule has 72 valence electrons. The third kappa shape index (κ3) is 4.04. The minimum absolute atomic E-state index is 0.522. The smallest absolute Gasteiger partial charge is 0.151 e. The summed E-state index contributed by atoms with van der Waals surface area (Å²) in [6.07, 6.45) is 4.11. The van der Waals surface area contributed by atoms with Gasteiger partial charge in [-0.25, -0.2) is 0 Å². The maximum absolute atomic E-state index is 8.59. The van der Waals surface area contributed by atoms with Crippen LogP contribution in [-0.2, 0) is 0 Å². The lowest BCUT2D eigenvalue weighted by atomic mass is 10.2. The summed E-state index contributed by atoms with van der Waals surface area (Å²) < 4.78 is 0. The Bertz CT molecular complexity index is 111. The summed E-state index contributed by atoms with van der Waals surface area (Å²) in [7, 11) is 0. The summed E-state index contributed by atoms with van der Waals surface area (Å²) in [5, 5.41) is 17.2. The van der Waals surface area contributed by atoms with Crippen LogP contribution in [-0.4, -0.2) is 41.0 Å². The fraction of sp³-hybridized carbons (Fsp3) is 1.00. The highest BCUT2D eigenvalue weighted by Gasteiger charge is 2.10. The van der Waals surface area contributed by atoms with Crippen LogP contribution >= 0.6 is 0 Å². The Morgan fingerprint density at radius 2 is 1.75 bits per heavy atom. The average molecular weight is 173 g/mol. The van der Waals surface area contributed by atoms with Crippen molar-refractivity contribution in [3.05, 3.63) is 0 Å². The second-order valence-electron chi connectivity index (χ2n) is 3.53. The van der Waals surface area contributed by atoms with Gasteiger partial charge in [-0.2, -0.15) is 0 Å². The third-order valence-corrected chi connectivity index (χ3v) is 2.39. The van der Waals surface area contributed by atoms with Gasteiger partial charge < -0.3 is 15.1 Å². The first-order valence-electron chi connectivity index (χ1n) is 4.87. The maximum Gasteiger partial charge on any atom is 0.151 e. The molecule has 0 amide bonds. The molecule has 0 aliphatic carbocycles. The predicted molar refractivity (Wildman–Crippen MR) is 47.8 cm³/mol. The van der Waals surface area contributed by atoms with E-state index in [2.05, 4.69) is 4.90 Å². The Kier molecular flexibility index (Phi) is 4.58. The molecular weight excluding hydrogens is 154 g/mol. The highest BCUT2D eigenvalue weighted by Crippen LogP contribution is 2.09. The number of likely N-dealkylation sites (tertiary alicyclic amines) is 1. The number of aliphatic hydroxyl groups is 2. The van der Waals surface area contributed by atoms with Gasteiger partial charge in [-0.05, 0) is 51.7 Å². The molecule has 0 aromatic carbocycles. The van der Waals surface area contributed by atoms with Crippen molar-refractivity contribution < 1.29 is 10.2 Å². The fourth-order valence-corrected chi connectivity index (χ4v) is 1.67. The first kappa shape index (κ1) is 9.96. The number of hydrogen-bond acceptors (Lipinski definition) is 3. The summed E-state index contributed by atoms with van der Waals surface area (Å²) in [6, 6.07) is 0. The molecule has 1 heterocycles. The highest BCUT2D eigenvalue weighted by atomic mass is 16.5. The molecule has 12 heavy (non-hydrogen) atoms. The van der Waals surface area contributed by atoms with Crippen LogP contribution in [0, 0.1) is 0 Å². The minimum atomic E-state index is -1.11. The van der Waals surface area contributed by atoms with Gasteiger partial charge in [0.25, 0.3) is 0 Å². The topological polar surface area (TPSA) is 43.7 Å². The van der Waals surface area contributed by atoms with Gasteiger partial charge in [0.05, 0.1) is 0 Å². The largest absolute Gasteiger partial charge is 0.368 e. The van der Waals surface area contributed by atoms with Crippen LogP contribution < -0.4 is 0 Å². The van der Waals surface area contributed by atoms with E-state index in [0.29, 0.717) is 6.42 Å². The molecule has 0 aromatic rings. The monoisotopic (exact) mass is 173 g/mol. The van der Waals surface area contributed by atoms with Crippen molar-refractivity contribution in [2.45, 2.75) is 38.4 Å². The summed E-state index contributed by atoms with van der Waals surface area (Å²) in [4.78, 5) is 2.45. The number of unbranched alkanes of at least 4 members (excludes halogenated alkanes) is 1. The van der Waals surface area contributed by atoms with Crippen LogP contribution in [0.4, 0.5) is 0 Å². The third-order valence-electron chi connectivity index (χ3n) is 2.39. The van der Waals surface area contributed by atoms with Crippen LogP contribution in [0.5, 0.6) is 0 Å². The summed E-state index contributed by atoms with van der Waals surface area (Å²) in [5.74, 6) is 0. The first-order chi connectivity index (χ1) is 5.79. The van der Waals surface area contributed by atoms with E-state index in [1.54, 1.807) is 0 Å². The zero-order valence-electron chi connectivity index (χ0n) is 7.58. The maximum atomic E-state index is 8.59. The second kappa shape index (κ2) is 5.51. The molecule has 0 aromatic heterocycles. The van der Waals surface area contributed by atoms with Gasteiger partial charge in [0.15, 0.2) is 6.29 Å². The van der Waals surface area contributed by atoms with Crippen LogP contribution in [0.15, 0.2) is 0 Å². The van der Waals surface area contributed by atoms with Gasteiger partial charge in [0, 0.05) is 0 Å². The molecule has 0 atom stereocenters. The molecule has 0 spiro atoms. The van der Waals surface area contributed by atoms with E-state index < -0.39 is 6.29 Å². The van der Waals surface area contributed by atoms with Crippen molar-refractivity contribution in [3.63, 3.8) is 0 Å². The Labute approximate surface area is 74.0 Å². The Balaban J connectivity index is 1.88. The van der Waals surface area contributed by atoms with Crippen LogP contribution in [0.25, 0.3) is 0 Å². The number of nitrogens with zero attached hydrogens (tertiary/aromatic N) is 1. The van der Waals surface area contributed by atoms with E-state index in [4.69, 9.17) is 10.2 Å². The zero-order valence-corrected chi connectivity index (χ0v) is 7.58. The molecule has 0 radical (unpaired) electrons. The molecule has 1 fully saturated rings. The molecule has 1 aliphatic heterocycles. The van der Waals surface area contributed by atoms with Gasteiger partial charge in [-0.3, -0.25) is 0 Å². The van der Waals surface area contributed by atoms with Crippen LogP contribution in [0.2, 0.25) is 0 Å². The molecular formula is C9H19NO2. The highest BCUT2D eigenvalue weighted by molar-refractivity contribution is 4.65. The lowest BCUT2D eigenvalue weighted by molar-refractivity contribution is -0.0467. The fourth-order valence-electron chi connectivity index (χ4n) is 1.67. The minimum Gasteiger partial charge on any atom is -0.368 e. The zero-order chi connectivity index (χ0) is 8.81. The number of hydrogen-bond donors (Lipinski definition) is 2. The quantitative estimate of drug-likeness (QED) is 0.471. The van der Waals surface area contributed by atoms with E-state index >= 15 is 0 Å². The second-order valence-corrected chi connectivity index (χ2v) is 3.53. The molecule has 0 bridgehead atoms. The van der Waals surface area contributed by atoms with Gasteiger partial charge in [-0.1, -0.05) is 0 Å².